The van der Waals surface area contributed by atoms with E-state index in [1.54, 1.807) is 29.2 Å². The van der Waals surface area contributed by atoms with Gasteiger partial charge in [-0.1, -0.05) is 42.0 Å². The summed E-state index contributed by atoms with van der Waals surface area (Å²) in [6, 6.07) is 22.1. The lowest BCUT2D eigenvalue weighted by Gasteiger charge is -2.17. The average Bonchev–Trinajstić information content (AvgIpc) is 3.25. The number of nitrogens with zero attached hydrogens (tertiary/aromatic N) is 1. The zero-order valence-corrected chi connectivity index (χ0v) is 19.9. The summed E-state index contributed by atoms with van der Waals surface area (Å²) in [4.78, 5) is 40.1. The van der Waals surface area contributed by atoms with Crippen molar-refractivity contribution in [1.82, 2.24) is 5.32 Å². The smallest absolute Gasteiger partial charge is 0.253 e. The lowest BCUT2D eigenvalue weighted by molar-refractivity contribution is -0.122. The average molecular weight is 472 g/mol. The molecule has 3 aromatic rings. The minimum absolute atomic E-state index is 0.112. The first-order valence-corrected chi connectivity index (χ1v) is 11.7. The van der Waals surface area contributed by atoms with Gasteiger partial charge in [-0.05, 0) is 55.8 Å². The predicted molar refractivity (Wildman–Crippen MR) is 135 cm³/mol. The molecule has 7 nitrogen and oxygen atoms in total. The number of hydrogen-bond acceptors (Lipinski definition) is 4. The van der Waals surface area contributed by atoms with Crippen LogP contribution in [0, 0.1) is 12.8 Å². The van der Waals surface area contributed by atoms with Crippen LogP contribution in [0.15, 0.2) is 72.8 Å². The molecule has 180 valence electrons. The quantitative estimate of drug-likeness (QED) is 0.512. The molecule has 3 amide bonds. The van der Waals surface area contributed by atoms with E-state index < -0.39 is 5.92 Å². The Morgan fingerprint density at radius 3 is 2.54 bits per heavy atom. The second-order valence-electron chi connectivity index (χ2n) is 8.54. The molecule has 0 aromatic heterocycles. The van der Waals surface area contributed by atoms with Crippen molar-refractivity contribution >= 4 is 29.1 Å². The summed E-state index contributed by atoms with van der Waals surface area (Å²) < 4.78 is 5.45. The molecule has 1 aliphatic heterocycles. The van der Waals surface area contributed by atoms with Gasteiger partial charge in [0, 0.05) is 25.2 Å². The van der Waals surface area contributed by atoms with Gasteiger partial charge < -0.3 is 20.3 Å². The van der Waals surface area contributed by atoms with E-state index in [9.17, 15) is 14.4 Å². The number of hydrogen-bond donors (Lipinski definition) is 2. The normalized spacial score (nSPS) is 15.1. The van der Waals surface area contributed by atoms with E-state index >= 15 is 0 Å². The van der Waals surface area contributed by atoms with Gasteiger partial charge in [-0.2, -0.15) is 0 Å². The van der Waals surface area contributed by atoms with Crippen LogP contribution in [0.25, 0.3) is 0 Å². The molecule has 2 N–H and O–H groups in total. The van der Waals surface area contributed by atoms with E-state index in [2.05, 4.69) is 10.6 Å². The molecule has 0 spiro atoms. The highest BCUT2D eigenvalue weighted by Crippen LogP contribution is 2.28. The van der Waals surface area contributed by atoms with Crippen molar-refractivity contribution in [3.05, 3.63) is 89.5 Å². The monoisotopic (exact) mass is 471 g/mol. The number of carbonyl (C=O) groups excluding carboxylic acids is 3. The molecule has 0 unspecified atom stereocenters. The van der Waals surface area contributed by atoms with Crippen LogP contribution in [-0.2, 0) is 16.1 Å². The summed E-state index contributed by atoms with van der Waals surface area (Å²) >= 11 is 0. The molecule has 0 saturated carbocycles. The van der Waals surface area contributed by atoms with Gasteiger partial charge >= 0.3 is 0 Å². The lowest BCUT2D eigenvalue weighted by atomic mass is 10.1. The maximum Gasteiger partial charge on any atom is 0.253 e. The second-order valence-corrected chi connectivity index (χ2v) is 8.54. The van der Waals surface area contributed by atoms with E-state index in [1.807, 2.05) is 62.4 Å². The van der Waals surface area contributed by atoms with Crippen molar-refractivity contribution in [3.63, 3.8) is 0 Å². The first-order valence-electron chi connectivity index (χ1n) is 11.7. The van der Waals surface area contributed by atoms with Gasteiger partial charge in [0.05, 0.1) is 23.8 Å². The maximum atomic E-state index is 13.0. The summed E-state index contributed by atoms with van der Waals surface area (Å²) in [7, 11) is 0. The minimum Gasteiger partial charge on any atom is -0.494 e. The van der Waals surface area contributed by atoms with Crippen molar-refractivity contribution in [1.29, 1.82) is 0 Å². The summed E-state index contributed by atoms with van der Waals surface area (Å²) in [5, 5.41) is 5.77. The Kier molecular flexibility index (Phi) is 7.45. The van der Waals surface area contributed by atoms with Gasteiger partial charge in [0.25, 0.3) is 5.91 Å². The standard InChI is InChI=1S/C28H29N3O4/c1-3-35-23-13-11-22(12-14-23)31-18-21(16-26(31)32)27(33)30-25-10-5-4-9-24(25)28(34)29-17-20-8-6-7-19(2)15-20/h4-15,21H,3,16-18H2,1-2H3,(H,29,34)(H,30,33)/t21-/m0/s1. The first-order chi connectivity index (χ1) is 16.9. The van der Waals surface area contributed by atoms with Crippen molar-refractivity contribution in [2.75, 3.05) is 23.4 Å². The number of benzene rings is 3. The third-order valence-electron chi connectivity index (χ3n) is 5.92. The zero-order chi connectivity index (χ0) is 24.8. The largest absolute Gasteiger partial charge is 0.494 e. The Labute approximate surface area is 205 Å². The van der Waals surface area contributed by atoms with Crippen molar-refractivity contribution in [3.8, 4) is 5.75 Å². The molecule has 0 bridgehead atoms. The van der Waals surface area contributed by atoms with Crippen molar-refractivity contribution in [2.45, 2.75) is 26.8 Å². The van der Waals surface area contributed by atoms with E-state index in [4.69, 9.17) is 4.74 Å². The van der Waals surface area contributed by atoms with Crippen LogP contribution in [-0.4, -0.2) is 30.9 Å². The summed E-state index contributed by atoms with van der Waals surface area (Å²) in [5.74, 6) is -0.461. The Bertz CT molecular complexity index is 1220. The SMILES string of the molecule is CCOc1ccc(N2C[C@@H](C(=O)Nc3ccccc3C(=O)NCc3cccc(C)c3)CC2=O)cc1. The van der Waals surface area contributed by atoms with E-state index in [1.165, 1.54) is 0 Å². The van der Waals surface area contributed by atoms with E-state index in [0.717, 1.165) is 22.6 Å². The number of carbonyl (C=O) groups is 3. The van der Waals surface area contributed by atoms with Crippen molar-refractivity contribution < 1.29 is 19.1 Å². The summed E-state index contributed by atoms with van der Waals surface area (Å²) in [5.41, 5.74) is 3.64. The molecule has 1 saturated heterocycles. The number of aryl methyl sites for hydroxylation is 1. The topological polar surface area (TPSA) is 87.7 Å². The van der Waals surface area contributed by atoms with Crippen LogP contribution >= 0.6 is 0 Å². The minimum atomic E-state index is -0.516. The highest BCUT2D eigenvalue weighted by Gasteiger charge is 2.35. The highest BCUT2D eigenvalue weighted by atomic mass is 16.5. The molecular weight excluding hydrogens is 442 g/mol. The first kappa shape index (κ1) is 24.0. The molecular formula is C28H29N3O4. The van der Waals surface area contributed by atoms with Crippen LogP contribution < -0.4 is 20.3 Å². The van der Waals surface area contributed by atoms with Gasteiger partial charge in [-0.3, -0.25) is 14.4 Å². The number of nitrogens with one attached hydrogen (secondary N) is 2. The third-order valence-corrected chi connectivity index (χ3v) is 5.92. The Balaban J connectivity index is 1.40. The molecule has 3 aromatic carbocycles. The second kappa shape index (κ2) is 10.9. The molecule has 1 fully saturated rings. The van der Waals surface area contributed by atoms with Gasteiger partial charge in [0.1, 0.15) is 5.75 Å². The fourth-order valence-electron chi connectivity index (χ4n) is 4.15. The lowest BCUT2D eigenvalue weighted by Crippen LogP contribution is -2.29. The number of amides is 3. The van der Waals surface area contributed by atoms with E-state index in [0.29, 0.717) is 24.4 Å². The van der Waals surface area contributed by atoms with Crippen LogP contribution in [0.1, 0.15) is 34.8 Å². The van der Waals surface area contributed by atoms with E-state index in [-0.39, 0.29) is 30.7 Å². The Morgan fingerprint density at radius 2 is 1.80 bits per heavy atom. The molecule has 0 radical (unpaired) electrons. The predicted octanol–water partition coefficient (Wildman–Crippen LogP) is 4.32. The molecule has 0 aliphatic carbocycles. The van der Waals surface area contributed by atoms with Gasteiger partial charge in [-0.15, -0.1) is 0 Å². The van der Waals surface area contributed by atoms with Crippen LogP contribution in [0.3, 0.4) is 0 Å². The fraction of sp³-hybridized carbons (Fsp3) is 0.250. The van der Waals surface area contributed by atoms with Gasteiger partial charge in [-0.25, -0.2) is 0 Å². The Morgan fingerprint density at radius 1 is 1.03 bits per heavy atom. The molecule has 1 atom stereocenters. The van der Waals surface area contributed by atoms with Crippen LogP contribution in [0.2, 0.25) is 0 Å². The van der Waals surface area contributed by atoms with Crippen molar-refractivity contribution in [2.24, 2.45) is 5.92 Å². The third kappa shape index (κ3) is 5.87. The number of ether oxygens (including phenoxy) is 1. The summed E-state index contributed by atoms with van der Waals surface area (Å²) in [6.07, 6.45) is 0.112. The van der Waals surface area contributed by atoms with Gasteiger partial charge in [0.15, 0.2) is 0 Å². The maximum absolute atomic E-state index is 13.0. The number of rotatable bonds is 8. The summed E-state index contributed by atoms with van der Waals surface area (Å²) in [6.45, 7) is 5.14. The Hall–Kier alpha value is -4.13. The molecule has 1 aliphatic rings. The molecule has 7 heteroatoms. The zero-order valence-electron chi connectivity index (χ0n) is 19.9. The highest BCUT2D eigenvalue weighted by molar-refractivity contribution is 6.07. The molecule has 1 heterocycles. The number of anilines is 2. The fourth-order valence-corrected chi connectivity index (χ4v) is 4.15. The van der Waals surface area contributed by atoms with Crippen LogP contribution in [0.5, 0.6) is 5.75 Å². The number of para-hydroxylation sites is 1. The van der Waals surface area contributed by atoms with Crippen LogP contribution in [0.4, 0.5) is 11.4 Å². The van der Waals surface area contributed by atoms with Gasteiger partial charge in [0.2, 0.25) is 11.8 Å². The molecule has 35 heavy (non-hydrogen) atoms. The molecule has 4 rings (SSSR count).